The minimum Gasteiger partial charge on any atom is -0.478 e. The summed E-state index contributed by atoms with van der Waals surface area (Å²) in [6, 6.07) is 5.88. The van der Waals surface area contributed by atoms with Crippen LogP contribution < -0.4 is 20.3 Å². The number of carbonyl (C=O) groups excluding carboxylic acids is 1. The van der Waals surface area contributed by atoms with Crippen LogP contribution in [0.1, 0.15) is 12.0 Å². The van der Waals surface area contributed by atoms with Crippen LogP contribution in [0.2, 0.25) is 0 Å². The molecule has 0 unspecified atom stereocenters. The number of carbonyl (C=O) groups is 1. The normalized spacial score (nSPS) is 16.6. The SMILES string of the molecule is COc1nccnc1N1CC[C@H](NC(=O)NCc2cccc(F)c2)C1. The molecule has 2 heterocycles. The van der Waals surface area contributed by atoms with Crippen LogP contribution in [0.4, 0.5) is 15.0 Å². The first-order valence-corrected chi connectivity index (χ1v) is 8.04. The zero-order valence-corrected chi connectivity index (χ0v) is 13.9. The first-order chi connectivity index (χ1) is 12.2. The predicted octanol–water partition coefficient (Wildman–Crippen LogP) is 1.70. The lowest BCUT2D eigenvalue weighted by atomic mass is 10.2. The first kappa shape index (κ1) is 16.9. The molecule has 0 radical (unpaired) electrons. The Balaban J connectivity index is 1.50. The fourth-order valence-electron chi connectivity index (χ4n) is 2.81. The lowest BCUT2D eigenvalue weighted by molar-refractivity contribution is 0.237. The number of hydrogen-bond donors (Lipinski definition) is 2. The molecule has 1 fully saturated rings. The molecule has 0 aliphatic carbocycles. The van der Waals surface area contributed by atoms with Crippen molar-refractivity contribution in [3.05, 3.63) is 48.0 Å². The van der Waals surface area contributed by atoms with Gasteiger partial charge in [-0.25, -0.2) is 19.2 Å². The summed E-state index contributed by atoms with van der Waals surface area (Å²) < 4.78 is 18.4. The van der Waals surface area contributed by atoms with Gasteiger partial charge in [0.25, 0.3) is 5.88 Å². The van der Waals surface area contributed by atoms with Crippen LogP contribution in [-0.2, 0) is 6.54 Å². The van der Waals surface area contributed by atoms with Crippen LogP contribution in [0, 0.1) is 5.82 Å². The number of nitrogens with zero attached hydrogens (tertiary/aromatic N) is 3. The number of hydrogen-bond acceptors (Lipinski definition) is 5. The summed E-state index contributed by atoms with van der Waals surface area (Å²) in [6.07, 6.45) is 3.99. The predicted molar refractivity (Wildman–Crippen MR) is 91.0 cm³/mol. The number of methoxy groups -OCH3 is 1. The Morgan fingerprint density at radius 3 is 3.04 bits per heavy atom. The lowest BCUT2D eigenvalue weighted by Gasteiger charge is -2.19. The number of halogens is 1. The molecule has 132 valence electrons. The zero-order chi connectivity index (χ0) is 17.6. The summed E-state index contributed by atoms with van der Waals surface area (Å²) >= 11 is 0. The molecule has 1 aliphatic rings. The number of anilines is 1. The molecule has 1 aromatic heterocycles. The molecule has 0 spiro atoms. The lowest BCUT2D eigenvalue weighted by Crippen LogP contribution is -2.43. The molecular weight excluding hydrogens is 325 g/mol. The van der Waals surface area contributed by atoms with Gasteiger partial charge in [-0.3, -0.25) is 0 Å². The van der Waals surface area contributed by atoms with Gasteiger partial charge in [0.05, 0.1) is 7.11 Å². The number of aromatic nitrogens is 2. The van der Waals surface area contributed by atoms with Gasteiger partial charge in [0, 0.05) is 38.1 Å². The van der Waals surface area contributed by atoms with Crippen LogP contribution in [0.25, 0.3) is 0 Å². The van der Waals surface area contributed by atoms with Crippen LogP contribution in [0.5, 0.6) is 5.88 Å². The van der Waals surface area contributed by atoms with Gasteiger partial charge in [-0.2, -0.15) is 0 Å². The molecule has 7 nitrogen and oxygen atoms in total. The Morgan fingerprint density at radius 2 is 2.24 bits per heavy atom. The van der Waals surface area contributed by atoms with E-state index in [2.05, 4.69) is 20.6 Å². The summed E-state index contributed by atoms with van der Waals surface area (Å²) in [6.45, 7) is 1.66. The molecule has 3 rings (SSSR count). The van der Waals surface area contributed by atoms with Crippen LogP contribution >= 0.6 is 0 Å². The number of amides is 2. The van der Waals surface area contributed by atoms with Crippen LogP contribution in [-0.4, -0.2) is 42.2 Å². The van der Waals surface area contributed by atoms with E-state index in [1.165, 1.54) is 12.1 Å². The van der Waals surface area contributed by atoms with Gasteiger partial charge in [0.2, 0.25) is 0 Å². The van der Waals surface area contributed by atoms with E-state index >= 15 is 0 Å². The molecule has 8 heteroatoms. The van der Waals surface area contributed by atoms with Crippen molar-refractivity contribution in [2.75, 3.05) is 25.1 Å². The highest BCUT2D eigenvalue weighted by Crippen LogP contribution is 2.25. The number of ether oxygens (including phenoxy) is 1. The van der Waals surface area contributed by atoms with E-state index in [-0.39, 0.29) is 24.4 Å². The fraction of sp³-hybridized carbons (Fsp3) is 0.353. The van der Waals surface area contributed by atoms with E-state index in [1.807, 2.05) is 4.90 Å². The van der Waals surface area contributed by atoms with Crippen molar-refractivity contribution in [1.29, 1.82) is 0 Å². The van der Waals surface area contributed by atoms with Gasteiger partial charge in [-0.1, -0.05) is 12.1 Å². The molecule has 1 saturated heterocycles. The van der Waals surface area contributed by atoms with Crippen molar-refractivity contribution in [3.8, 4) is 5.88 Å². The van der Waals surface area contributed by atoms with E-state index in [4.69, 9.17) is 4.74 Å². The maximum atomic E-state index is 13.1. The summed E-state index contributed by atoms with van der Waals surface area (Å²) in [5.74, 6) is 0.831. The van der Waals surface area contributed by atoms with Crippen LogP contribution in [0.15, 0.2) is 36.7 Å². The van der Waals surface area contributed by atoms with Gasteiger partial charge < -0.3 is 20.3 Å². The highest BCUT2D eigenvalue weighted by atomic mass is 19.1. The highest BCUT2D eigenvalue weighted by Gasteiger charge is 2.27. The molecule has 1 aromatic carbocycles. The van der Waals surface area contributed by atoms with Gasteiger partial charge in [-0.05, 0) is 24.1 Å². The third-order valence-corrected chi connectivity index (χ3v) is 4.01. The van der Waals surface area contributed by atoms with Gasteiger partial charge in [0.15, 0.2) is 5.82 Å². The third-order valence-electron chi connectivity index (χ3n) is 4.01. The number of urea groups is 1. The molecule has 2 amide bonds. The van der Waals surface area contributed by atoms with Crippen LogP contribution in [0.3, 0.4) is 0 Å². The molecule has 0 bridgehead atoms. The standard InChI is InChI=1S/C17H20FN5O2/c1-25-16-15(19-6-7-20-16)23-8-5-14(11-23)22-17(24)21-10-12-3-2-4-13(18)9-12/h2-4,6-7,9,14H,5,8,10-11H2,1H3,(H2,21,22,24)/t14-/m0/s1. The first-order valence-electron chi connectivity index (χ1n) is 8.04. The van der Waals surface area contributed by atoms with E-state index < -0.39 is 0 Å². The summed E-state index contributed by atoms with van der Waals surface area (Å²) in [5.41, 5.74) is 0.715. The second-order valence-corrected chi connectivity index (χ2v) is 5.78. The largest absolute Gasteiger partial charge is 0.478 e. The monoisotopic (exact) mass is 345 g/mol. The highest BCUT2D eigenvalue weighted by molar-refractivity contribution is 5.74. The Bertz CT molecular complexity index is 742. The van der Waals surface area contributed by atoms with Gasteiger partial charge >= 0.3 is 6.03 Å². The van der Waals surface area contributed by atoms with Gasteiger partial charge in [-0.15, -0.1) is 0 Å². The number of nitrogens with one attached hydrogen (secondary N) is 2. The average molecular weight is 345 g/mol. The summed E-state index contributed by atoms with van der Waals surface area (Å²) in [5, 5.41) is 5.67. The molecular formula is C17H20FN5O2. The Labute approximate surface area is 145 Å². The second kappa shape index (κ2) is 7.78. The Morgan fingerprint density at radius 1 is 1.40 bits per heavy atom. The molecule has 1 aliphatic heterocycles. The number of benzene rings is 1. The molecule has 0 saturated carbocycles. The van der Waals surface area contributed by atoms with E-state index in [0.717, 1.165) is 13.0 Å². The molecule has 1 atom stereocenters. The Kier molecular flexibility index (Phi) is 5.27. The van der Waals surface area contributed by atoms with E-state index in [1.54, 1.807) is 31.6 Å². The van der Waals surface area contributed by atoms with Crippen molar-refractivity contribution < 1.29 is 13.9 Å². The quantitative estimate of drug-likeness (QED) is 0.862. The minimum atomic E-state index is -0.316. The molecule has 2 N–H and O–H groups in total. The second-order valence-electron chi connectivity index (χ2n) is 5.78. The van der Waals surface area contributed by atoms with Crippen molar-refractivity contribution in [2.45, 2.75) is 19.0 Å². The number of rotatable bonds is 5. The van der Waals surface area contributed by atoms with Crippen molar-refractivity contribution >= 4 is 11.8 Å². The average Bonchev–Trinajstić information content (AvgIpc) is 3.08. The minimum absolute atomic E-state index is 0.000721. The molecule has 2 aromatic rings. The van der Waals surface area contributed by atoms with Crippen molar-refractivity contribution in [3.63, 3.8) is 0 Å². The maximum absolute atomic E-state index is 13.1. The van der Waals surface area contributed by atoms with E-state index in [0.29, 0.717) is 23.8 Å². The zero-order valence-electron chi connectivity index (χ0n) is 13.9. The smallest absolute Gasteiger partial charge is 0.315 e. The summed E-state index contributed by atoms with van der Waals surface area (Å²) in [4.78, 5) is 22.5. The van der Waals surface area contributed by atoms with Crippen molar-refractivity contribution in [2.24, 2.45) is 0 Å². The maximum Gasteiger partial charge on any atom is 0.315 e. The van der Waals surface area contributed by atoms with Gasteiger partial charge in [0.1, 0.15) is 5.82 Å². The van der Waals surface area contributed by atoms with E-state index in [9.17, 15) is 9.18 Å². The topological polar surface area (TPSA) is 79.4 Å². The van der Waals surface area contributed by atoms with Crippen molar-refractivity contribution in [1.82, 2.24) is 20.6 Å². The molecule has 25 heavy (non-hydrogen) atoms. The fourth-order valence-corrected chi connectivity index (χ4v) is 2.81. The third kappa shape index (κ3) is 4.34. The summed E-state index contributed by atoms with van der Waals surface area (Å²) in [7, 11) is 1.55. The Hall–Kier alpha value is -2.90.